The van der Waals surface area contributed by atoms with Crippen molar-refractivity contribution >= 4 is 20.7 Å². The highest BCUT2D eigenvalue weighted by atomic mass is 32.2. The Morgan fingerprint density at radius 1 is 1.03 bits per heavy atom. The smallest absolute Gasteiger partial charge is 0.156 e. The van der Waals surface area contributed by atoms with Crippen LogP contribution in [0.25, 0.3) is 22.0 Å². The van der Waals surface area contributed by atoms with E-state index in [4.69, 9.17) is 10.5 Å². The van der Waals surface area contributed by atoms with Crippen LogP contribution in [0.15, 0.2) is 60.9 Å². The maximum atomic E-state index is 12.5. The fraction of sp³-hybridized carbons (Fsp3) is 0.250. The maximum absolute atomic E-state index is 12.5. The van der Waals surface area contributed by atoms with Crippen molar-refractivity contribution < 1.29 is 13.2 Å². The highest BCUT2D eigenvalue weighted by Crippen LogP contribution is 2.27. The molecule has 0 unspecified atom stereocenters. The molecule has 2 heterocycles. The van der Waals surface area contributed by atoms with Crippen LogP contribution in [0.4, 0.5) is 0 Å². The number of H-pyrrole nitrogens is 1. The fourth-order valence-corrected chi connectivity index (χ4v) is 5.11. The summed E-state index contributed by atoms with van der Waals surface area (Å²) < 4.78 is 30.8. The molecule has 0 spiro atoms. The zero-order valence-electron chi connectivity index (χ0n) is 18.1. The minimum atomic E-state index is -3.35. The number of aromatic nitrogens is 3. The second-order valence-corrected chi connectivity index (χ2v) is 10.2. The number of nitrogens with one attached hydrogen (secondary N) is 1. The quantitative estimate of drug-likeness (QED) is 0.425. The van der Waals surface area contributed by atoms with Gasteiger partial charge in [0.2, 0.25) is 0 Å². The Bertz CT molecular complexity index is 1330. The number of benzene rings is 2. The van der Waals surface area contributed by atoms with Gasteiger partial charge >= 0.3 is 0 Å². The van der Waals surface area contributed by atoms with E-state index in [0.29, 0.717) is 5.75 Å². The molecule has 0 bridgehead atoms. The summed E-state index contributed by atoms with van der Waals surface area (Å²) in [6.07, 6.45) is 3.36. The van der Waals surface area contributed by atoms with Crippen LogP contribution in [0.5, 0.6) is 5.75 Å². The molecule has 8 heteroatoms. The summed E-state index contributed by atoms with van der Waals surface area (Å²) in [5, 5.41) is 8.28. The molecule has 0 radical (unpaired) electrons. The third-order valence-corrected chi connectivity index (χ3v) is 6.94. The normalized spacial score (nSPS) is 12.7. The van der Waals surface area contributed by atoms with Gasteiger partial charge in [-0.15, -0.1) is 0 Å². The molecule has 1 atom stereocenters. The molecule has 2 aromatic heterocycles. The van der Waals surface area contributed by atoms with Gasteiger partial charge in [-0.1, -0.05) is 35.9 Å². The van der Waals surface area contributed by atoms with E-state index in [1.165, 1.54) is 0 Å². The number of fused-ring (bicyclic) bond motifs is 1. The van der Waals surface area contributed by atoms with Gasteiger partial charge in [-0.2, -0.15) is 5.10 Å². The molecule has 166 valence electrons. The van der Waals surface area contributed by atoms with E-state index in [1.54, 1.807) is 12.4 Å². The Labute approximate surface area is 187 Å². The number of aromatic amines is 1. The lowest BCUT2D eigenvalue weighted by Crippen LogP contribution is -2.35. The molecule has 0 amide bonds. The van der Waals surface area contributed by atoms with E-state index in [-0.39, 0.29) is 18.1 Å². The lowest BCUT2D eigenvalue weighted by molar-refractivity contribution is 0.296. The Kier molecular flexibility index (Phi) is 6.25. The molecule has 0 aliphatic carbocycles. The van der Waals surface area contributed by atoms with Gasteiger partial charge in [0.25, 0.3) is 0 Å². The first-order valence-electron chi connectivity index (χ1n) is 10.3. The van der Waals surface area contributed by atoms with Gasteiger partial charge in [0.1, 0.15) is 12.4 Å². The number of hydrogen-bond donors (Lipinski definition) is 2. The van der Waals surface area contributed by atoms with Crippen LogP contribution in [0.2, 0.25) is 0 Å². The van der Waals surface area contributed by atoms with Crippen molar-refractivity contribution in [3.63, 3.8) is 0 Å². The summed E-state index contributed by atoms with van der Waals surface area (Å²) in [6, 6.07) is 14.7. The van der Waals surface area contributed by atoms with Crippen LogP contribution < -0.4 is 10.5 Å². The minimum Gasteiger partial charge on any atom is -0.490 e. The van der Waals surface area contributed by atoms with E-state index in [2.05, 4.69) is 21.2 Å². The van der Waals surface area contributed by atoms with Gasteiger partial charge in [-0.05, 0) is 43.2 Å². The molecule has 7 nitrogen and oxygen atoms in total. The van der Waals surface area contributed by atoms with Gasteiger partial charge in [0, 0.05) is 22.8 Å². The van der Waals surface area contributed by atoms with Crippen LogP contribution >= 0.6 is 0 Å². The van der Waals surface area contributed by atoms with Crippen LogP contribution in [0.3, 0.4) is 0 Å². The third kappa shape index (κ3) is 5.33. The average Bonchev–Trinajstić information content (AvgIpc) is 3.14. The Morgan fingerprint density at radius 2 is 1.81 bits per heavy atom. The van der Waals surface area contributed by atoms with Crippen LogP contribution in [-0.4, -0.2) is 42.0 Å². The molecule has 3 N–H and O–H groups in total. The van der Waals surface area contributed by atoms with E-state index >= 15 is 0 Å². The number of nitrogens with zero attached hydrogens (tertiary/aromatic N) is 2. The molecule has 2 aromatic carbocycles. The highest BCUT2D eigenvalue weighted by Gasteiger charge is 2.18. The van der Waals surface area contributed by atoms with Crippen LogP contribution in [0, 0.1) is 13.8 Å². The molecular weight excluding hydrogens is 424 g/mol. The van der Waals surface area contributed by atoms with Crippen molar-refractivity contribution in [1.29, 1.82) is 0 Å². The first kappa shape index (κ1) is 22.0. The molecule has 4 aromatic rings. The first-order valence-corrected chi connectivity index (χ1v) is 12.2. The molecule has 0 aliphatic rings. The Balaban J connectivity index is 1.39. The largest absolute Gasteiger partial charge is 0.490 e. The predicted molar refractivity (Wildman–Crippen MR) is 126 cm³/mol. The fourth-order valence-electron chi connectivity index (χ4n) is 3.55. The van der Waals surface area contributed by atoms with Gasteiger partial charge in [0.05, 0.1) is 29.3 Å². The van der Waals surface area contributed by atoms with Gasteiger partial charge in [0.15, 0.2) is 9.84 Å². The number of pyridine rings is 1. The Morgan fingerprint density at radius 3 is 2.59 bits per heavy atom. The summed E-state index contributed by atoms with van der Waals surface area (Å²) in [4.78, 5) is 4.26. The standard InChI is InChI=1S/C24H26N4O3S/c1-16-3-5-18(6-4-16)14-32(29,30)15-21(25)13-31-22-9-20(11-26-12-22)19-7-8-24-23(10-19)17(2)27-28-24/h3-12,21H,13-15,25H2,1-2H3,(H,27,28)/t21-/m0/s1. The van der Waals surface area contributed by atoms with Crippen molar-refractivity contribution in [2.75, 3.05) is 12.4 Å². The SMILES string of the molecule is Cc1ccc(CS(=O)(=O)C[C@@H](N)COc2cncc(-c3ccc4n[nH]c(C)c4c3)c2)cc1. The lowest BCUT2D eigenvalue weighted by atomic mass is 10.0. The summed E-state index contributed by atoms with van der Waals surface area (Å²) in [7, 11) is -3.35. The summed E-state index contributed by atoms with van der Waals surface area (Å²) in [5.74, 6) is 0.358. The molecule has 0 saturated heterocycles. The van der Waals surface area contributed by atoms with Gasteiger partial charge < -0.3 is 10.5 Å². The number of nitrogens with two attached hydrogens (primary N) is 1. The van der Waals surface area contributed by atoms with Crippen molar-refractivity contribution in [3.8, 4) is 16.9 Å². The zero-order valence-corrected chi connectivity index (χ0v) is 18.9. The lowest BCUT2D eigenvalue weighted by Gasteiger charge is -2.14. The molecular formula is C24H26N4O3S. The average molecular weight is 451 g/mol. The van der Waals surface area contributed by atoms with Crippen molar-refractivity contribution in [2.45, 2.75) is 25.6 Å². The van der Waals surface area contributed by atoms with E-state index in [1.807, 2.05) is 56.3 Å². The highest BCUT2D eigenvalue weighted by molar-refractivity contribution is 7.90. The molecule has 4 rings (SSSR count). The maximum Gasteiger partial charge on any atom is 0.156 e. The van der Waals surface area contributed by atoms with E-state index in [0.717, 1.165) is 38.9 Å². The first-order chi connectivity index (χ1) is 15.3. The monoisotopic (exact) mass is 450 g/mol. The van der Waals surface area contributed by atoms with Gasteiger partial charge in [-0.25, -0.2) is 8.42 Å². The zero-order chi connectivity index (χ0) is 22.7. The number of rotatable bonds is 8. The summed E-state index contributed by atoms with van der Waals surface area (Å²) in [5.41, 5.74) is 11.7. The number of ether oxygens (including phenoxy) is 1. The van der Waals surface area contributed by atoms with Crippen LogP contribution in [-0.2, 0) is 15.6 Å². The van der Waals surface area contributed by atoms with Crippen molar-refractivity contribution in [3.05, 3.63) is 77.7 Å². The second-order valence-electron chi connectivity index (χ2n) is 8.10. The topological polar surface area (TPSA) is 111 Å². The Hall–Kier alpha value is -3.23. The molecule has 32 heavy (non-hydrogen) atoms. The molecule has 0 fully saturated rings. The van der Waals surface area contributed by atoms with Gasteiger partial charge in [-0.3, -0.25) is 10.1 Å². The van der Waals surface area contributed by atoms with E-state index < -0.39 is 15.9 Å². The number of sulfone groups is 1. The third-order valence-electron chi connectivity index (χ3n) is 5.23. The number of hydrogen-bond acceptors (Lipinski definition) is 6. The number of aryl methyl sites for hydroxylation is 2. The van der Waals surface area contributed by atoms with Crippen molar-refractivity contribution in [1.82, 2.24) is 15.2 Å². The van der Waals surface area contributed by atoms with Crippen molar-refractivity contribution in [2.24, 2.45) is 5.73 Å². The summed E-state index contributed by atoms with van der Waals surface area (Å²) >= 11 is 0. The molecule has 0 saturated carbocycles. The van der Waals surface area contributed by atoms with Crippen LogP contribution in [0.1, 0.15) is 16.8 Å². The molecule has 0 aliphatic heterocycles. The minimum absolute atomic E-state index is 0.0338. The summed E-state index contributed by atoms with van der Waals surface area (Å²) in [6.45, 7) is 4.02. The van der Waals surface area contributed by atoms with E-state index in [9.17, 15) is 8.42 Å². The second kappa shape index (κ2) is 9.10. The predicted octanol–water partition coefficient (Wildman–Crippen LogP) is 3.56.